The van der Waals surface area contributed by atoms with Gasteiger partial charge in [-0.3, -0.25) is 4.79 Å². The van der Waals surface area contributed by atoms with Gasteiger partial charge in [-0.2, -0.15) is 15.4 Å². The van der Waals surface area contributed by atoms with Gasteiger partial charge in [0.15, 0.2) is 5.69 Å². The summed E-state index contributed by atoms with van der Waals surface area (Å²) in [5.74, 6) is -0.490. The Bertz CT molecular complexity index is 535. The number of nitrogens with zero attached hydrogens (tertiary/aromatic N) is 6. The van der Waals surface area contributed by atoms with Gasteiger partial charge in [0.05, 0.1) is 18.2 Å². The number of hydrogen-bond donors (Lipinski definition) is 2. The van der Waals surface area contributed by atoms with Crippen LogP contribution in [0.4, 0.5) is 0 Å². The summed E-state index contributed by atoms with van der Waals surface area (Å²) in [4.78, 5) is 11.3. The fraction of sp³-hybridized carbons (Fsp3) is 0.556. The molecule has 18 heavy (non-hydrogen) atoms. The van der Waals surface area contributed by atoms with Gasteiger partial charge in [0.25, 0.3) is 0 Å². The molecule has 0 aromatic carbocycles. The van der Waals surface area contributed by atoms with Gasteiger partial charge in [-0.15, -0.1) is 5.10 Å². The van der Waals surface area contributed by atoms with Gasteiger partial charge in [0.2, 0.25) is 5.82 Å². The molecular formula is C9H13N7O2. The highest BCUT2D eigenvalue weighted by molar-refractivity contribution is 5.74. The van der Waals surface area contributed by atoms with Crippen LogP contribution in [0, 0.1) is 5.41 Å². The Morgan fingerprint density at radius 2 is 2.39 bits per heavy atom. The molecular weight excluding hydrogens is 238 g/mol. The van der Waals surface area contributed by atoms with Gasteiger partial charge in [-0.25, -0.2) is 4.68 Å². The molecule has 9 heteroatoms. The molecule has 96 valence electrons. The molecule has 0 radical (unpaired) electrons. The molecule has 2 aromatic rings. The van der Waals surface area contributed by atoms with Crippen molar-refractivity contribution in [3.8, 4) is 11.5 Å². The van der Waals surface area contributed by atoms with Gasteiger partial charge in [0.1, 0.15) is 0 Å². The summed E-state index contributed by atoms with van der Waals surface area (Å²) in [6, 6.07) is 0. The van der Waals surface area contributed by atoms with Crippen LogP contribution in [0.15, 0.2) is 6.20 Å². The van der Waals surface area contributed by atoms with E-state index in [4.69, 9.17) is 0 Å². The normalized spacial score (nSPS) is 14.3. The number of nitrogens with one attached hydrogen (secondary N) is 1. The molecule has 2 N–H and O–H groups in total. The first kappa shape index (κ1) is 12.1. The van der Waals surface area contributed by atoms with Gasteiger partial charge in [-0.1, -0.05) is 6.92 Å². The quantitative estimate of drug-likeness (QED) is 0.764. The molecule has 2 heterocycles. The van der Waals surface area contributed by atoms with E-state index in [0.29, 0.717) is 17.9 Å². The van der Waals surface area contributed by atoms with E-state index in [1.54, 1.807) is 6.92 Å². The molecule has 0 bridgehead atoms. The van der Waals surface area contributed by atoms with Crippen molar-refractivity contribution in [2.24, 2.45) is 5.41 Å². The lowest BCUT2D eigenvalue weighted by atomic mass is 9.88. The fourth-order valence-electron chi connectivity index (χ4n) is 1.47. The lowest BCUT2D eigenvalue weighted by molar-refractivity contribution is -0.149. The number of H-pyrrole nitrogens is 1. The van der Waals surface area contributed by atoms with Crippen molar-refractivity contribution in [3.05, 3.63) is 6.20 Å². The van der Waals surface area contributed by atoms with E-state index in [2.05, 4.69) is 30.9 Å². The zero-order chi connectivity index (χ0) is 13.2. The van der Waals surface area contributed by atoms with Gasteiger partial charge in [-0.05, 0) is 23.8 Å². The Morgan fingerprint density at radius 3 is 2.94 bits per heavy atom. The number of carbonyl (C=O) groups is 1. The van der Waals surface area contributed by atoms with E-state index in [-0.39, 0.29) is 6.54 Å². The van der Waals surface area contributed by atoms with Gasteiger partial charge >= 0.3 is 5.97 Å². The highest BCUT2D eigenvalue weighted by Gasteiger charge is 2.33. The first-order valence-corrected chi connectivity index (χ1v) is 5.42. The van der Waals surface area contributed by atoms with Gasteiger partial charge < -0.3 is 5.11 Å². The minimum absolute atomic E-state index is 0.175. The molecule has 1 atom stereocenters. The summed E-state index contributed by atoms with van der Waals surface area (Å²) in [5, 5.41) is 30.4. The lowest BCUT2D eigenvalue weighted by Gasteiger charge is -2.22. The predicted octanol–water partition coefficient (Wildman–Crippen LogP) is -0.0409. The Balaban J connectivity index is 2.31. The van der Waals surface area contributed by atoms with Crippen LogP contribution in [-0.2, 0) is 11.3 Å². The smallest absolute Gasteiger partial charge is 0.311 e. The summed E-state index contributed by atoms with van der Waals surface area (Å²) >= 11 is 0. The summed E-state index contributed by atoms with van der Waals surface area (Å²) < 4.78 is 1.43. The predicted molar refractivity (Wildman–Crippen MR) is 59.2 cm³/mol. The van der Waals surface area contributed by atoms with E-state index in [0.717, 1.165) is 0 Å². The zero-order valence-electron chi connectivity index (χ0n) is 10.0. The number of hydrogen-bond acceptors (Lipinski definition) is 6. The Kier molecular flexibility index (Phi) is 3.04. The highest BCUT2D eigenvalue weighted by atomic mass is 16.4. The minimum Gasteiger partial charge on any atom is -0.481 e. The maximum atomic E-state index is 11.3. The Morgan fingerprint density at radius 1 is 1.61 bits per heavy atom. The Labute approximate surface area is 102 Å². The van der Waals surface area contributed by atoms with Crippen LogP contribution in [0.2, 0.25) is 0 Å². The molecule has 2 rings (SSSR count). The molecule has 9 nitrogen and oxygen atoms in total. The molecule has 0 aliphatic carbocycles. The van der Waals surface area contributed by atoms with E-state index < -0.39 is 11.4 Å². The zero-order valence-corrected chi connectivity index (χ0v) is 10.0. The van der Waals surface area contributed by atoms with E-state index in [9.17, 15) is 9.90 Å². The molecule has 0 aliphatic heterocycles. The van der Waals surface area contributed by atoms with Crippen molar-refractivity contribution in [1.29, 1.82) is 0 Å². The molecule has 0 amide bonds. The molecule has 0 saturated heterocycles. The number of aliphatic carboxylic acids is 1. The van der Waals surface area contributed by atoms with Crippen molar-refractivity contribution >= 4 is 5.97 Å². The third-order valence-corrected chi connectivity index (χ3v) is 2.97. The molecule has 0 aliphatic rings. The maximum Gasteiger partial charge on any atom is 0.311 e. The average Bonchev–Trinajstić information content (AvgIpc) is 2.98. The average molecular weight is 251 g/mol. The first-order chi connectivity index (χ1) is 8.57. The first-order valence-electron chi connectivity index (χ1n) is 5.42. The van der Waals surface area contributed by atoms with Crippen LogP contribution in [0.25, 0.3) is 11.5 Å². The van der Waals surface area contributed by atoms with Crippen molar-refractivity contribution in [2.75, 3.05) is 0 Å². The molecule has 0 spiro atoms. The fourth-order valence-corrected chi connectivity index (χ4v) is 1.47. The number of aromatic nitrogens is 7. The highest BCUT2D eigenvalue weighted by Crippen LogP contribution is 2.25. The van der Waals surface area contributed by atoms with Crippen LogP contribution in [0.3, 0.4) is 0 Å². The molecule has 0 fully saturated rings. The summed E-state index contributed by atoms with van der Waals surface area (Å²) in [6.45, 7) is 3.64. The summed E-state index contributed by atoms with van der Waals surface area (Å²) in [6.07, 6.45) is 1.95. The number of carboxylic acid groups (broad SMARTS) is 1. The number of rotatable bonds is 5. The second kappa shape index (κ2) is 4.51. The number of tetrazole rings is 1. The largest absolute Gasteiger partial charge is 0.481 e. The second-order valence-electron chi connectivity index (χ2n) is 4.23. The minimum atomic E-state index is -0.923. The second-order valence-corrected chi connectivity index (χ2v) is 4.23. The van der Waals surface area contributed by atoms with Crippen molar-refractivity contribution < 1.29 is 9.90 Å². The van der Waals surface area contributed by atoms with Crippen molar-refractivity contribution in [1.82, 2.24) is 35.6 Å². The van der Waals surface area contributed by atoms with E-state index in [1.165, 1.54) is 10.9 Å². The van der Waals surface area contributed by atoms with Crippen LogP contribution >= 0.6 is 0 Å². The summed E-state index contributed by atoms with van der Waals surface area (Å²) in [5.41, 5.74) is -0.447. The van der Waals surface area contributed by atoms with Crippen molar-refractivity contribution in [3.63, 3.8) is 0 Å². The monoisotopic (exact) mass is 251 g/mol. The van der Waals surface area contributed by atoms with Crippen LogP contribution < -0.4 is 0 Å². The third kappa shape index (κ3) is 2.06. The summed E-state index contributed by atoms with van der Waals surface area (Å²) in [7, 11) is 0. The molecule has 2 aromatic heterocycles. The van der Waals surface area contributed by atoms with E-state index >= 15 is 0 Å². The number of carboxylic acids is 1. The van der Waals surface area contributed by atoms with E-state index in [1.807, 2.05) is 6.92 Å². The maximum absolute atomic E-state index is 11.3. The SMILES string of the molecule is CCC(C)(Cn1nnnc1-c1cn[nH]n1)C(=O)O. The third-order valence-electron chi connectivity index (χ3n) is 2.97. The standard InChI is InChI=1S/C9H13N7O2/c1-3-9(2,8(17)18)5-16-7(12-14-15-16)6-4-10-13-11-6/h4H,3,5H2,1-2H3,(H,17,18)(H,10,11,13). The van der Waals surface area contributed by atoms with Crippen LogP contribution in [0.1, 0.15) is 20.3 Å². The van der Waals surface area contributed by atoms with Gasteiger partial charge in [0, 0.05) is 0 Å². The molecule has 0 saturated carbocycles. The topological polar surface area (TPSA) is 122 Å². The van der Waals surface area contributed by atoms with Crippen LogP contribution in [0.5, 0.6) is 0 Å². The molecule has 1 unspecified atom stereocenters. The van der Waals surface area contributed by atoms with Crippen molar-refractivity contribution in [2.45, 2.75) is 26.8 Å². The lowest BCUT2D eigenvalue weighted by Crippen LogP contribution is -2.32. The van der Waals surface area contributed by atoms with Crippen LogP contribution in [-0.4, -0.2) is 46.7 Å². The number of aromatic amines is 1. The Hall–Kier alpha value is -2.32.